The van der Waals surface area contributed by atoms with E-state index in [1.807, 2.05) is 18.2 Å². The molecule has 0 unspecified atom stereocenters. The van der Waals surface area contributed by atoms with Crippen molar-refractivity contribution in [2.75, 3.05) is 7.11 Å². The van der Waals surface area contributed by atoms with Crippen molar-refractivity contribution in [2.24, 2.45) is 11.8 Å². The van der Waals surface area contributed by atoms with E-state index in [-0.39, 0.29) is 5.91 Å². The third kappa shape index (κ3) is 3.26. The van der Waals surface area contributed by atoms with Crippen molar-refractivity contribution in [3.8, 4) is 5.75 Å². The van der Waals surface area contributed by atoms with E-state index < -0.39 is 17.8 Å². The van der Waals surface area contributed by atoms with Gasteiger partial charge in [0, 0.05) is 16.6 Å². The van der Waals surface area contributed by atoms with Crippen LogP contribution >= 0.6 is 15.9 Å². The fraction of sp³-hybridized carbons (Fsp3) is 0.385. The van der Waals surface area contributed by atoms with E-state index in [0.29, 0.717) is 18.7 Å². The molecule has 1 saturated carbocycles. The minimum Gasteiger partial charge on any atom is -0.496 e. The molecule has 2 N–H and O–H groups in total. The summed E-state index contributed by atoms with van der Waals surface area (Å²) in [6.45, 7) is 0.324. The second-order valence-corrected chi connectivity index (χ2v) is 5.38. The Morgan fingerprint density at radius 2 is 2.21 bits per heavy atom. The molecule has 1 aromatic carbocycles. The van der Waals surface area contributed by atoms with Gasteiger partial charge in [0.25, 0.3) is 0 Å². The highest BCUT2D eigenvalue weighted by Gasteiger charge is 2.48. The monoisotopic (exact) mass is 327 g/mol. The fourth-order valence-corrected chi connectivity index (χ4v) is 2.36. The van der Waals surface area contributed by atoms with Crippen molar-refractivity contribution in [3.05, 3.63) is 28.2 Å². The van der Waals surface area contributed by atoms with Gasteiger partial charge in [0.05, 0.1) is 18.9 Å². The van der Waals surface area contributed by atoms with Crippen molar-refractivity contribution in [1.82, 2.24) is 5.32 Å². The summed E-state index contributed by atoms with van der Waals surface area (Å²) < 4.78 is 6.10. The third-order valence-electron chi connectivity index (χ3n) is 3.14. The molecule has 1 aliphatic rings. The van der Waals surface area contributed by atoms with Crippen LogP contribution in [0, 0.1) is 11.8 Å². The van der Waals surface area contributed by atoms with Gasteiger partial charge in [0.15, 0.2) is 0 Å². The minimum absolute atomic E-state index is 0.213. The van der Waals surface area contributed by atoms with Gasteiger partial charge in [-0.15, -0.1) is 0 Å². The number of ether oxygens (including phenoxy) is 1. The molecule has 6 heteroatoms. The van der Waals surface area contributed by atoms with Crippen molar-refractivity contribution < 1.29 is 19.4 Å². The lowest BCUT2D eigenvalue weighted by atomic mass is 10.2. The van der Waals surface area contributed by atoms with Crippen LogP contribution in [-0.2, 0) is 16.1 Å². The molecule has 2 atom stereocenters. The Morgan fingerprint density at radius 3 is 2.79 bits per heavy atom. The second-order valence-electron chi connectivity index (χ2n) is 4.46. The van der Waals surface area contributed by atoms with Gasteiger partial charge in [-0.2, -0.15) is 0 Å². The maximum Gasteiger partial charge on any atom is 0.307 e. The second kappa shape index (κ2) is 5.61. The zero-order valence-electron chi connectivity index (χ0n) is 10.4. The Morgan fingerprint density at radius 1 is 1.47 bits per heavy atom. The third-order valence-corrected chi connectivity index (χ3v) is 3.63. The molecule has 1 aromatic rings. The van der Waals surface area contributed by atoms with Gasteiger partial charge in [-0.25, -0.2) is 0 Å². The van der Waals surface area contributed by atoms with E-state index in [4.69, 9.17) is 9.84 Å². The molecule has 0 bridgehead atoms. The quantitative estimate of drug-likeness (QED) is 0.864. The lowest BCUT2D eigenvalue weighted by molar-refractivity contribution is -0.140. The fourth-order valence-electron chi connectivity index (χ4n) is 1.96. The lowest BCUT2D eigenvalue weighted by Crippen LogP contribution is -2.26. The van der Waals surface area contributed by atoms with Crippen LogP contribution in [0.15, 0.2) is 22.7 Å². The van der Waals surface area contributed by atoms with Gasteiger partial charge >= 0.3 is 5.97 Å². The molecule has 102 valence electrons. The van der Waals surface area contributed by atoms with Gasteiger partial charge in [0.1, 0.15) is 5.75 Å². The first kappa shape index (κ1) is 13.9. The molecule has 0 heterocycles. The Hall–Kier alpha value is -1.56. The first-order valence-corrected chi connectivity index (χ1v) is 6.65. The van der Waals surface area contributed by atoms with Gasteiger partial charge in [-0.1, -0.05) is 15.9 Å². The lowest BCUT2D eigenvalue weighted by Gasteiger charge is -2.10. The number of carboxylic acids is 1. The van der Waals surface area contributed by atoms with E-state index in [1.54, 1.807) is 7.11 Å². The predicted molar refractivity (Wildman–Crippen MR) is 71.8 cm³/mol. The number of aliphatic carboxylic acids is 1. The summed E-state index contributed by atoms with van der Waals surface area (Å²) in [7, 11) is 1.57. The molecule has 0 radical (unpaired) electrons. The summed E-state index contributed by atoms with van der Waals surface area (Å²) in [5, 5.41) is 11.5. The van der Waals surface area contributed by atoms with E-state index >= 15 is 0 Å². The highest BCUT2D eigenvalue weighted by atomic mass is 79.9. The topological polar surface area (TPSA) is 75.6 Å². The van der Waals surface area contributed by atoms with Crippen LogP contribution in [0.1, 0.15) is 12.0 Å². The molecular weight excluding hydrogens is 314 g/mol. The van der Waals surface area contributed by atoms with E-state index in [2.05, 4.69) is 21.2 Å². The van der Waals surface area contributed by atoms with Crippen molar-refractivity contribution >= 4 is 27.8 Å². The molecule has 0 saturated heterocycles. The molecule has 0 aliphatic heterocycles. The Kier molecular flexibility index (Phi) is 4.09. The van der Waals surface area contributed by atoms with Crippen LogP contribution in [-0.4, -0.2) is 24.1 Å². The standard InChI is InChI=1S/C13H14BrNO4/c1-19-11-3-2-8(14)4-7(11)6-15-12(16)9-5-10(9)13(17)18/h2-4,9-10H,5-6H2,1H3,(H,15,16)(H,17,18)/t9-,10+/m0/s1. The maximum absolute atomic E-state index is 11.8. The number of methoxy groups -OCH3 is 1. The molecule has 19 heavy (non-hydrogen) atoms. The Labute approximate surface area is 119 Å². The van der Waals surface area contributed by atoms with E-state index in [1.165, 1.54) is 0 Å². The number of hydrogen-bond acceptors (Lipinski definition) is 3. The van der Waals surface area contributed by atoms with Crippen molar-refractivity contribution in [1.29, 1.82) is 0 Å². The number of carbonyl (C=O) groups excluding carboxylic acids is 1. The summed E-state index contributed by atoms with van der Waals surface area (Å²) in [6, 6.07) is 5.52. The van der Waals surface area contributed by atoms with E-state index in [9.17, 15) is 9.59 Å². The zero-order valence-corrected chi connectivity index (χ0v) is 11.9. The highest BCUT2D eigenvalue weighted by molar-refractivity contribution is 9.10. The molecule has 0 spiro atoms. The highest BCUT2D eigenvalue weighted by Crippen LogP contribution is 2.38. The van der Waals surface area contributed by atoms with Gasteiger partial charge < -0.3 is 15.2 Å². The minimum atomic E-state index is -0.903. The molecule has 1 aliphatic carbocycles. The van der Waals surface area contributed by atoms with Crippen LogP contribution in [0.2, 0.25) is 0 Å². The molecule has 1 amide bonds. The average molecular weight is 328 g/mol. The van der Waals surface area contributed by atoms with Crippen LogP contribution in [0.25, 0.3) is 0 Å². The van der Waals surface area contributed by atoms with Gasteiger partial charge in [0.2, 0.25) is 5.91 Å². The van der Waals surface area contributed by atoms with E-state index in [0.717, 1.165) is 10.0 Å². The SMILES string of the molecule is COc1ccc(Br)cc1CNC(=O)[C@H]1C[C@H]1C(=O)O. The Bertz CT molecular complexity index is 517. The number of benzene rings is 1. The smallest absolute Gasteiger partial charge is 0.307 e. The van der Waals surface area contributed by atoms with Gasteiger partial charge in [-0.05, 0) is 24.6 Å². The number of rotatable bonds is 5. The molecule has 1 fully saturated rings. The summed E-state index contributed by atoms with van der Waals surface area (Å²) in [6.07, 6.45) is 0.427. The number of hydrogen-bond donors (Lipinski definition) is 2. The zero-order chi connectivity index (χ0) is 14.0. The molecule has 5 nitrogen and oxygen atoms in total. The van der Waals surface area contributed by atoms with Gasteiger partial charge in [-0.3, -0.25) is 9.59 Å². The van der Waals surface area contributed by atoms with Crippen LogP contribution < -0.4 is 10.1 Å². The molecule has 2 rings (SSSR count). The summed E-state index contributed by atoms with van der Waals surface area (Å²) in [4.78, 5) is 22.4. The van der Waals surface area contributed by atoms with Crippen LogP contribution in [0.3, 0.4) is 0 Å². The summed E-state index contributed by atoms with van der Waals surface area (Å²) >= 11 is 3.36. The van der Waals surface area contributed by atoms with Crippen LogP contribution in [0.5, 0.6) is 5.75 Å². The molecular formula is C13H14BrNO4. The van der Waals surface area contributed by atoms with Crippen LogP contribution in [0.4, 0.5) is 0 Å². The normalized spacial score (nSPS) is 20.7. The first-order valence-electron chi connectivity index (χ1n) is 5.86. The number of amides is 1. The maximum atomic E-state index is 11.8. The number of carbonyl (C=O) groups is 2. The largest absolute Gasteiger partial charge is 0.496 e. The first-order chi connectivity index (χ1) is 9.02. The number of nitrogens with one attached hydrogen (secondary N) is 1. The Balaban J connectivity index is 1.94. The number of halogens is 1. The number of carboxylic acid groups (broad SMARTS) is 1. The molecule has 0 aromatic heterocycles. The van der Waals surface area contributed by atoms with Crippen molar-refractivity contribution in [2.45, 2.75) is 13.0 Å². The predicted octanol–water partition coefficient (Wildman–Crippen LogP) is 1.79. The summed E-state index contributed by atoms with van der Waals surface area (Å²) in [5.41, 5.74) is 0.845. The summed E-state index contributed by atoms with van der Waals surface area (Å²) in [5.74, 6) is -1.34. The van der Waals surface area contributed by atoms with Crippen molar-refractivity contribution in [3.63, 3.8) is 0 Å². The average Bonchev–Trinajstić information content (AvgIpc) is 3.16.